The smallest absolute Gasteiger partial charge is 0.330 e. The molecule has 1 heterocycles. The summed E-state index contributed by atoms with van der Waals surface area (Å²) in [6.07, 6.45) is -1.26. The molecule has 0 bridgehead atoms. The third-order valence-corrected chi connectivity index (χ3v) is 1.96. The number of hydrogen-bond acceptors (Lipinski definition) is 4. The molecule has 0 saturated heterocycles. The number of alkyl halides is 3. The monoisotopic (exact) mass is 295 g/mol. The van der Waals surface area contributed by atoms with Crippen LogP contribution in [0.25, 0.3) is 0 Å². The van der Waals surface area contributed by atoms with Crippen molar-refractivity contribution >= 4 is 27.7 Å². The number of allylic oxidation sites excluding steroid dienone is 1. The Labute approximate surface area is 96.7 Å². The minimum absolute atomic E-state index is 0.0921. The molecule has 1 aromatic heterocycles. The first-order valence-corrected chi connectivity index (χ1v) is 4.71. The van der Waals surface area contributed by atoms with E-state index in [0.717, 1.165) is 6.20 Å². The lowest BCUT2D eigenvalue weighted by Crippen LogP contribution is -2.22. The molecule has 0 aromatic carbocycles. The van der Waals surface area contributed by atoms with Crippen LogP contribution in [0, 0.1) is 0 Å². The maximum Gasteiger partial charge on any atom is 0.455 e. The highest BCUT2D eigenvalue weighted by molar-refractivity contribution is 9.12. The summed E-state index contributed by atoms with van der Waals surface area (Å²) in [5.41, 5.74) is 0. The molecule has 0 atom stereocenters. The van der Waals surface area contributed by atoms with Gasteiger partial charge < -0.3 is 5.32 Å². The maximum absolute atomic E-state index is 11.9. The fraction of sp³-hybridized carbons (Fsp3) is 0.125. The summed E-state index contributed by atoms with van der Waals surface area (Å²) < 4.78 is 35.2. The van der Waals surface area contributed by atoms with Crippen molar-refractivity contribution in [2.24, 2.45) is 0 Å². The molecule has 0 fully saturated rings. The number of nitrogens with one attached hydrogen (secondary N) is 1. The summed E-state index contributed by atoms with van der Waals surface area (Å²) in [5, 5.41) is 2.35. The lowest BCUT2D eigenvalue weighted by Gasteiger charge is -2.04. The Kier molecular flexibility index (Phi) is 3.99. The summed E-state index contributed by atoms with van der Waals surface area (Å²) in [6.45, 7) is 0. The summed E-state index contributed by atoms with van der Waals surface area (Å²) >= 11 is 2.51. The van der Waals surface area contributed by atoms with Crippen molar-refractivity contribution < 1.29 is 18.0 Å². The Morgan fingerprint density at radius 2 is 1.94 bits per heavy atom. The Hall–Kier alpha value is -1.44. The quantitative estimate of drug-likeness (QED) is 0.869. The largest absolute Gasteiger partial charge is 0.455 e. The molecular weight excluding hydrogens is 291 g/mol. The lowest BCUT2D eigenvalue weighted by atomic mass is 10.4. The Balaban J connectivity index is 2.69. The van der Waals surface area contributed by atoms with Crippen LogP contribution >= 0.6 is 15.9 Å². The molecule has 8 heteroatoms. The highest BCUT2D eigenvalue weighted by atomic mass is 79.9. The summed E-state index contributed by atoms with van der Waals surface area (Å²) in [6, 6.07) is 1.55. The summed E-state index contributed by atoms with van der Waals surface area (Å²) in [4.78, 5) is 18.0. The Morgan fingerprint density at radius 1 is 1.38 bits per heavy atom. The standard InChI is InChI=1S/C8H5BrF3N3O/c9-5(6(16)8(10,11)12)4-15-7-13-2-1-3-14-7/h1-4H,(H,13,14,15). The Morgan fingerprint density at radius 3 is 2.44 bits per heavy atom. The van der Waals surface area contributed by atoms with Crippen LogP contribution < -0.4 is 5.32 Å². The minimum Gasteiger partial charge on any atom is -0.330 e. The fourth-order valence-corrected chi connectivity index (χ4v) is 1.04. The zero-order chi connectivity index (χ0) is 12.2. The highest BCUT2D eigenvalue weighted by Gasteiger charge is 2.39. The molecule has 86 valence electrons. The van der Waals surface area contributed by atoms with Crippen molar-refractivity contribution in [2.75, 3.05) is 5.32 Å². The van der Waals surface area contributed by atoms with E-state index >= 15 is 0 Å². The van der Waals surface area contributed by atoms with E-state index in [1.54, 1.807) is 6.07 Å². The van der Waals surface area contributed by atoms with Crippen LogP contribution in [-0.2, 0) is 4.79 Å². The van der Waals surface area contributed by atoms with E-state index in [0.29, 0.717) is 0 Å². The molecule has 0 amide bonds. The molecule has 0 spiro atoms. The van der Waals surface area contributed by atoms with Crippen molar-refractivity contribution in [3.8, 4) is 0 Å². The van der Waals surface area contributed by atoms with E-state index in [4.69, 9.17) is 0 Å². The first-order chi connectivity index (χ1) is 7.41. The number of anilines is 1. The molecule has 0 unspecified atom stereocenters. The summed E-state index contributed by atoms with van der Waals surface area (Å²) in [5.74, 6) is -1.88. The van der Waals surface area contributed by atoms with Gasteiger partial charge in [-0.05, 0) is 22.0 Å². The van der Waals surface area contributed by atoms with Crippen LogP contribution in [0.4, 0.5) is 19.1 Å². The predicted octanol–water partition coefficient (Wildman–Crippen LogP) is 2.26. The van der Waals surface area contributed by atoms with E-state index in [1.807, 2.05) is 0 Å². The average molecular weight is 296 g/mol. The topological polar surface area (TPSA) is 54.9 Å². The molecule has 1 aromatic rings. The number of rotatable bonds is 3. The van der Waals surface area contributed by atoms with Gasteiger partial charge in [0, 0.05) is 18.6 Å². The van der Waals surface area contributed by atoms with Gasteiger partial charge in [0.05, 0.1) is 4.48 Å². The zero-order valence-electron chi connectivity index (χ0n) is 7.62. The normalized spacial score (nSPS) is 12.4. The van der Waals surface area contributed by atoms with Crippen LogP contribution in [-0.4, -0.2) is 21.9 Å². The fourth-order valence-electron chi connectivity index (χ4n) is 0.702. The number of carbonyl (C=O) groups is 1. The number of aromatic nitrogens is 2. The zero-order valence-corrected chi connectivity index (χ0v) is 9.21. The van der Waals surface area contributed by atoms with Crippen molar-refractivity contribution in [1.29, 1.82) is 0 Å². The molecule has 0 saturated carbocycles. The van der Waals surface area contributed by atoms with E-state index in [9.17, 15) is 18.0 Å². The highest BCUT2D eigenvalue weighted by Crippen LogP contribution is 2.23. The third-order valence-electron chi connectivity index (χ3n) is 1.37. The van der Waals surface area contributed by atoms with E-state index in [-0.39, 0.29) is 5.95 Å². The van der Waals surface area contributed by atoms with Crippen molar-refractivity contribution in [2.45, 2.75) is 6.18 Å². The minimum atomic E-state index is -4.91. The van der Waals surface area contributed by atoms with Crippen LogP contribution in [0.2, 0.25) is 0 Å². The number of hydrogen-bond donors (Lipinski definition) is 1. The van der Waals surface area contributed by atoms with Crippen molar-refractivity contribution in [1.82, 2.24) is 9.97 Å². The van der Waals surface area contributed by atoms with Crippen molar-refractivity contribution in [3.05, 3.63) is 29.1 Å². The van der Waals surface area contributed by atoms with Gasteiger partial charge in [0.25, 0.3) is 5.78 Å². The first kappa shape index (κ1) is 12.6. The molecular formula is C8H5BrF3N3O. The van der Waals surface area contributed by atoms with Gasteiger partial charge in [0.15, 0.2) is 0 Å². The Bertz CT molecular complexity index is 405. The number of ketones is 1. The van der Waals surface area contributed by atoms with Gasteiger partial charge in [-0.2, -0.15) is 13.2 Å². The van der Waals surface area contributed by atoms with Gasteiger partial charge in [-0.3, -0.25) is 4.79 Å². The molecule has 4 nitrogen and oxygen atoms in total. The van der Waals surface area contributed by atoms with E-state index < -0.39 is 16.4 Å². The van der Waals surface area contributed by atoms with Gasteiger partial charge in [0.1, 0.15) is 0 Å². The van der Waals surface area contributed by atoms with Crippen molar-refractivity contribution in [3.63, 3.8) is 0 Å². The first-order valence-electron chi connectivity index (χ1n) is 3.92. The molecule has 0 aliphatic heterocycles. The maximum atomic E-state index is 11.9. The average Bonchev–Trinajstić information content (AvgIpc) is 2.25. The molecule has 1 rings (SSSR count). The number of nitrogens with zero attached hydrogens (tertiary/aromatic N) is 2. The summed E-state index contributed by atoms with van der Waals surface area (Å²) in [7, 11) is 0. The SMILES string of the molecule is O=C(C(Br)=CNc1ncccn1)C(F)(F)F. The van der Waals surface area contributed by atoms with Gasteiger partial charge in [0.2, 0.25) is 5.95 Å². The van der Waals surface area contributed by atoms with Gasteiger partial charge in [-0.15, -0.1) is 0 Å². The lowest BCUT2D eigenvalue weighted by molar-refractivity contribution is -0.165. The second kappa shape index (κ2) is 5.06. The van der Waals surface area contributed by atoms with Crippen LogP contribution in [0.15, 0.2) is 29.1 Å². The number of Topliss-reactive ketones (excluding diaryl/α,β-unsaturated/α-hetero) is 1. The number of carbonyl (C=O) groups excluding carboxylic acids is 1. The van der Waals surface area contributed by atoms with Gasteiger partial charge in [-0.25, -0.2) is 9.97 Å². The second-order valence-electron chi connectivity index (χ2n) is 2.54. The molecule has 16 heavy (non-hydrogen) atoms. The molecule has 0 aliphatic carbocycles. The molecule has 0 radical (unpaired) electrons. The molecule has 0 aliphatic rings. The van der Waals surface area contributed by atoms with Gasteiger partial charge >= 0.3 is 6.18 Å². The van der Waals surface area contributed by atoms with Crippen LogP contribution in [0.3, 0.4) is 0 Å². The second-order valence-corrected chi connectivity index (χ2v) is 3.39. The number of halogens is 4. The van der Waals surface area contributed by atoms with E-state index in [2.05, 4.69) is 31.2 Å². The van der Waals surface area contributed by atoms with Crippen LogP contribution in [0.1, 0.15) is 0 Å². The van der Waals surface area contributed by atoms with Crippen LogP contribution in [0.5, 0.6) is 0 Å². The predicted molar refractivity (Wildman–Crippen MR) is 53.7 cm³/mol. The third kappa shape index (κ3) is 3.61. The van der Waals surface area contributed by atoms with E-state index in [1.165, 1.54) is 12.4 Å². The molecule has 1 N–H and O–H groups in total. The van der Waals surface area contributed by atoms with Gasteiger partial charge in [-0.1, -0.05) is 0 Å².